The van der Waals surface area contributed by atoms with Crippen molar-refractivity contribution in [1.82, 2.24) is 15.6 Å². The minimum absolute atomic E-state index is 0.104. The number of nitrogens with one attached hydrogen (secondary N) is 2. The van der Waals surface area contributed by atoms with Crippen LogP contribution < -0.4 is 10.6 Å². The second-order valence-corrected chi connectivity index (χ2v) is 6.26. The zero-order chi connectivity index (χ0) is 17.7. The number of aliphatic hydroxyl groups is 1. The molecule has 2 aromatic heterocycles. The lowest BCUT2D eigenvalue weighted by molar-refractivity contribution is 0.0579. The molecule has 0 aliphatic heterocycles. The highest BCUT2D eigenvalue weighted by Gasteiger charge is 2.28. The van der Waals surface area contributed by atoms with E-state index >= 15 is 0 Å². The first-order valence-corrected chi connectivity index (χ1v) is 8.00. The minimum Gasteiger partial charge on any atom is -0.466 e. The second kappa shape index (κ2) is 7.49. The van der Waals surface area contributed by atoms with E-state index in [4.69, 9.17) is 4.42 Å². The Bertz CT molecular complexity index is 707. The van der Waals surface area contributed by atoms with E-state index in [2.05, 4.69) is 15.6 Å². The number of hydrogen-bond acceptors (Lipinski definition) is 4. The van der Waals surface area contributed by atoms with Gasteiger partial charge in [-0.05, 0) is 57.4 Å². The van der Waals surface area contributed by atoms with Crippen molar-refractivity contribution < 1.29 is 14.3 Å². The van der Waals surface area contributed by atoms with E-state index in [0.717, 1.165) is 23.3 Å². The van der Waals surface area contributed by atoms with E-state index in [9.17, 15) is 9.90 Å². The third kappa shape index (κ3) is 4.58. The molecule has 0 bridgehead atoms. The van der Waals surface area contributed by atoms with Gasteiger partial charge in [0.05, 0.1) is 6.54 Å². The Morgan fingerprint density at radius 3 is 2.71 bits per heavy atom. The molecule has 0 aliphatic rings. The lowest BCUT2D eigenvalue weighted by Gasteiger charge is -2.23. The van der Waals surface area contributed by atoms with Gasteiger partial charge in [0.1, 0.15) is 17.1 Å². The number of nitrogens with zero attached hydrogens (tertiary/aromatic N) is 1. The predicted octanol–water partition coefficient (Wildman–Crippen LogP) is 2.35. The number of aryl methyl sites for hydroxylation is 3. The number of aromatic nitrogens is 1. The minimum atomic E-state index is -1.18. The topological polar surface area (TPSA) is 87.4 Å². The first-order chi connectivity index (χ1) is 11.3. The van der Waals surface area contributed by atoms with Crippen molar-refractivity contribution in [2.24, 2.45) is 0 Å². The summed E-state index contributed by atoms with van der Waals surface area (Å²) in [5.74, 6) is 1.40. The van der Waals surface area contributed by atoms with Crippen molar-refractivity contribution in [3.8, 4) is 0 Å². The second-order valence-electron chi connectivity index (χ2n) is 6.26. The van der Waals surface area contributed by atoms with Gasteiger partial charge in [-0.25, -0.2) is 4.79 Å². The number of carbonyl (C=O) groups is 1. The molecule has 2 rings (SSSR count). The van der Waals surface area contributed by atoms with Crippen molar-refractivity contribution >= 4 is 6.03 Å². The molecule has 6 nitrogen and oxygen atoms in total. The number of furan rings is 1. The van der Waals surface area contributed by atoms with Crippen LogP contribution in [0.25, 0.3) is 0 Å². The van der Waals surface area contributed by atoms with Crippen LogP contribution in [0.5, 0.6) is 0 Å². The maximum absolute atomic E-state index is 11.9. The quantitative estimate of drug-likeness (QED) is 0.758. The van der Waals surface area contributed by atoms with Crippen molar-refractivity contribution in [1.29, 1.82) is 0 Å². The molecule has 1 unspecified atom stereocenters. The number of carbonyl (C=O) groups excluding carboxylic acids is 1. The van der Waals surface area contributed by atoms with Gasteiger partial charge < -0.3 is 20.2 Å². The molecule has 2 amide bonds. The predicted molar refractivity (Wildman–Crippen MR) is 91.8 cm³/mol. The van der Waals surface area contributed by atoms with E-state index in [-0.39, 0.29) is 12.6 Å². The van der Waals surface area contributed by atoms with Crippen LogP contribution in [0.3, 0.4) is 0 Å². The molecule has 0 fully saturated rings. The highest BCUT2D eigenvalue weighted by molar-refractivity contribution is 5.73. The van der Waals surface area contributed by atoms with Crippen molar-refractivity contribution in [2.45, 2.75) is 39.7 Å². The molecule has 130 valence electrons. The molecule has 0 saturated heterocycles. The van der Waals surface area contributed by atoms with Gasteiger partial charge in [-0.15, -0.1) is 0 Å². The lowest BCUT2D eigenvalue weighted by atomic mass is 9.96. The van der Waals surface area contributed by atoms with Crippen LogP contribution in [0.1, 0.15) is 35.1 Å². The average Bonchev–Trinajstić information content (AvgIpc) is 2.87. The molecular formula is C18H25N3O3. The lowest BCUT2D eigenvalue weighted by Crippen LogP contribution is -2.44. The zero-order valence-corrected chi connectivity index (χ0v) is 14.6. The van der Waals surface area contributed by atoms with Gasteiger partial charge in [-0.2, -0.15) is 0 Å². The Hall–Kier alpha value is -2.34. The Labute approximate surface area is 142 Å². The van der Waals surface area contributed by atoms with E-state index in [1.54, 1.807) is 26.1 Å². The number of rotatable bonds is 6. The zero-order valence-electron chi connectivity index (χ0n) is 14.6. The van der Waals surface area contributed by atoms with Gasteiger partial charge in [0.2, 0.25) is 0 Å². The molecule has 0 radical (unpaired) electrons. The summed E-state index contributed by atoms with van der Waals surface area (Å²) in [7, 11) is 0. The molecule has 0 spiro atoms. The van der Waals surface area contributed by atoms with Crippen LogP contribution in [0.4, 0.5) is 4.79 Å². The molecule has 0 aromatic carbocycles. The summed E-state index contributed by atoms with van der Waals surface area (Å²) in [5.41, 5.74) is 1.77. The fourth-order valence-electron chi connectivity index (χ4n) is 2.67. The van der Waals surface area contributed by atoms with E-state index < -0.39 is 5.60 Å². The number of pyridine rings is 1. The maximum atomic E-state index is 11.9. The fraction of sp³-hybridized carbons (Fsp3) is 0.444. The molecule has 6 heteroatoms. The van der Waals surface area contributed by atoms with Gasteiger partial charge in [-0.1, -0.05) is 0 Å². The van der Waals surface area contributed by atoms with Gasteiger partial charge in [-0.3, -0.25) is 4.98 Å². The summed E-state index contributed by atoms with van der Waals surface area (Å²) in [6, 6.07) is 3.44. The highest BCUT2D eigenvalue weighted by Crippen LogP contribution is 2.26. The Kier molecular flexibility index (Phi) is 5.62. The summed E-state index contributed by atoms with van der Waals surface area (Å²) in [6.07, 6.45) is 4.29. The van der Waals surface area contributed by atoms with Crippen molar-refractivity contribution in [3.63, 3.8) is 0 Å². The van der Waals surface area contributed by atoms with Crippen molar-refractivity contribution in [2.75, 3.05) is 13.1 Å². The monoisotopic (exact) mass is 331 g/mol. The summed E-state index contributed by atoms with van der Waals surface area (Å²) in [5, 5.41) is 16.1. The molecular weight excluding hydrogens is 306 g/mol. The third-order valence-electron chi connectivity index (χ3n) is 4.03. The maximum Gasteiger partial charge on any atom is 0.314 e. The average molecular weight is 331 g/mol. The molecule has 2 heterocycles. The van der Waals surface area contributed by atoms with Crippen LogP contribution in [-0.4, -0.2) is 29.2 Å². The molecule has 1 atom stereocenters. The number of urea groups is 1. The third-order valence-corrected chi connectivity index (χ3v) is 4.03. The summed E-state index contributed by atoms with van der Waals surface area (Å²) in [6.45, 7) is 7.90. The van der Waals surface area contributed by atoms with Crippen LogP contribution in [0.15, 0.2) is 28.9 Å². The van der Waals surface area contributed by atoms with Gasteiger partial charge >= 0.3 is 6.03 Å². The van der Waals surface area contributed by atoms with Crippen LogP contribution in [-0.2, 0) is 12.0 Å². The first-order valence-electron chi connectivity index (χ1n) is 8.00. The first kappa shape index (κ1) is 18.0. The van der Waals surface area contributed by atoms with Gasteiger partial charge in [0.15, 0.2) is 0 Å². The molecule has 0 aliphatic carbocycles. The largest absolute Gasteiger partial charge is 0.466 e. The normalized spacial score (nSPS) is 13.4. The smallest absolute Gasteiger partial charge is 0.314 e. The number of hydrogen-bond donors (Lipinski definition) is 3. The highest BCUT2D eigenvalue weighted by atomic mass is 16.3. The van der Waals surface area contributed by atoms with Gasteiger partial charge in [0, 0.05) is 24.5 Å². The number of amides is 2. The van der Waals surface area contributed by atoms with E-state index in [1.807, 2.05) is 26.1 Å². The standard InChI is InChI=1S/C18H25N3O3/c1-12-10-19-7-5-15(12)6-8-20-17(22)21-11-18(4,23)16-9-13(2)24-14(16)3/h5,7,9-10,23H,6,8,11H2,1-4H3,(H2,20,21,22). The Morgan fingerprint density at radius 1 is 1.33 bits per heavy atom. The van der Waals surface area contributed by atoms with Crippen molar-refractivity contribution in [3.05, 3.63) is 52.7 Å². The SMILES string of the molecule is Cc1cc(C(C)(O)CNC(=O)NCCc2ccncc2C)c(C)o1. The van der Waals surface area contributed by atoms with Crippen LogP contribution in [0, 0.1) is 20.8 Å². The van der Waals surface area contributed by atoms with Gasteiger partial charge in [0.25, 0.3) is 0 Å². The molecule has 0 saturated carbocycles. The summed E-state index contributed by atoms with van der Waals surface area (Å²) >= 11 is 0. The van der Waals surface area contributed by atoms with Crippen LogP contribution >= 0.6 is 0 Å². The molecule has 2 aromatic rings. The van der Waals surface area contributed by atoms with E-state index in [0.29, 0.717) is 17.9 Å². The Balaban J connectivity index is 1.80. The van der Waals surface area contributed by atoms with E-state index in [1.165, 1.54) is 0 Å². The molecule has 24 heavy (non-hydrogen) atoms. The molecule has 3 N–H and O–H groups in total. The summed E-state index contributed by atoms with van der Waals surface area (Å²) in [4.78, 5) is 16.0. The van der Waals surface area contributed by atoms with Crippen LogP contribution in [0.2, 0.25) is 0 Å². The fourth-order valence-corrected chi connectivity index (χ4v) is 2.67. The summed E-state index contributed by atoms with van der Waals surface area (Å²) < 4.78 is 5.44. The Morgan fingerprint density at radius 2 is 2.08 bits per heavy atom.